The smallest absolute Gasteiger partial charge is 0.168 e. The fraction of sp³-hybridized carbons (Fsp3) is 0.300. The van der Waals surface area contributed by atoms with Gasteiger partial charge in [0.2, 0.25) is 0 Å². The van der Waals surface area contributed by atoms with Gasteiger partial charge in [-0.15, -0.1) is 0 Å². The Morgan fingerprint density at radius 2 is 1.93 bits per heavy atom. The van der Waals surface area contributed by atoms with Crippen LogP contribution in [0.1, 0.15) is 25.4 Å². The van der Waals surface area contributed by atoms with Crippen LogP contribution in [-0.4, -0.2) is 23.6 Å². The molecule has 2 aromatic rings. The highest BCUT2D eigenvalue weighted by molar-refractivity contribution is 6.30. The van der Waals surface area contributed by atoms with Crippen molar-refractivity contribution in [3.8, 4) is 5.75 Å². The number of nitrogens with one attached hydrogen (secondary N) is 2. The molecule has 0 aliphatic carbocycles. The van der Waals surface area contributed by atoms with E-state index in [1.54, 1.807) is 19.2 Å². The molecule has 1 aromatic carbocycles. The average Bonchev–Trinajstić information content (AvgIpc) is 2.64. The molecule has 7 heteroatoms. The number of benzene rings is 1. The highest BCUT2D eigenvalue weighted by atomic mass is 35.5. The van der Waals surface area contributed by atoms with E-state index in [4.69, 9.17) is 21.1 Å². The number of halogens is 1. The Labute approximate surface area is 164 Å². The van der Waals surface area contributed by atoms with Gasteiger partial charge in [-0.05, 0) is 49.8 Å². The lowest BCUT2D eigenvalue weighted by Crippen LogP contribution is -2.21. The monoisotopic (exact) mass is 386 g/mol. The van der Waals surface area contributed by atoms with Crippen LogP contribution in [0.4, 0.5) is 5.82 Å². The van der Waals surface area contributed by atoms with Crippen molar-refractivity contribution < 1.29 is 9.47 Å². The van der Waals surface area contributed by atoms with Crippen molar-refractivity contribution in [3.05, 3.63) is 69.9 Å². The van der Waals surface area contributed by atoms with Gasteiger partial charge in [0, 0.05) is 36.1 Å². The summed E-state index contributed by atoms with van der Waals surface area (Å²) in [6.45, 7) is 5.59. The van der Waals surface area contributed by atoms with E-state index in [1.165, 1.54) is 5.57 Å². The zero-order chi connectivity index (χ0) is 19.2. The number of dihydropyridines is 1. The Kier molecular flexibility index (Phi) is 6.32. The first-order valence-electron chi connectivity index (χ1n) is 8.66. The molecular weight excluding hydrogens is 364 g/mol. The molecule has 0 unspecified atom stereocenters. The summed E-state index contributed by atoms with van der Waals surface area (Å²) in [4.78, 5) is 9.10. The SMILES string of the molecule is COCc1cc(NC2=C(C)CNC(C)=C2)nc(COc2ccc(Cl)cc2)n1. The Bertz CT molecular complexity index is 863. The second-order valence-electron chi connectivity index (χ2n) is 6.34. The van der Waals surface area contributed by atoms with Gasteiger partial charge in [0.25, 0.3) is 0 Å². The van der Waals surface area contributed by atoms with Gasteiger partial charge < -0.3 is 20.1 Å². The molecule has 0 atom stereocenters. The number of rotatable bonds is 7. The number of allylic oxidation sites excluding steroid dienone is 2. The van der Waals surface area contributed by atoms with Crippen LogP contribution in [0.25, 0.3) is 0 Å². The molecule has 1 aliphatic heterocycles. The molecule has 3 rings (SSSR count). The van der Waals surface area contributed by atoms with Gasteiger partial charge in [0.05, 0.1) is 12.3 Å². The molecule has 0 spiro atoms. The maximum absolute atomic E-state index is 5.90. The summed E-state index contributed by atoms with van der Waals surface area (Å²) in [5.41, 5.74) is 4.16. The van der Waals surface area contributed by atoms with Gasteiger partial charge in [0.1, 0.15) is 18.2 Å². The van der Waals surface area contributed by atoms with Crippen molar-refractivity contribution in [1.82, 2.24) is 15.3 Å². The van der Waals surface area contributed by atoms with Crippen molar-refractivity contribution in [3.63, 3.8) is 0 Å². The largest absolute Gasteiger partial charge is 0.486 e. The van der Waals surface area contributed by atoms with Gasteiger partial charge in [-0.1, -0.05) is 11.6 Å². The molecule has 142 valence electrons. The molecule has 1 aliphatic rings. The summed E-state index contributed by atoms with van der Waals surface area (Å²) < 4.78 is 11.0. The van der Waals surface area contributed by atoms with Gasteiger partial charge in [-0.25, -0.2) is 9.97 Å². The van der Waals surface area contributed by atoms with Crippen molar-refractivity contribution in [2.75, 3.05) is 19.0 Å². The number of aromatic nitrogens is 2. The summed E-state index contributed by atoms with van der Waals surface area (Å²) in [5.74, 6) is 2.01. The number of hydrogen-bond acceptors (Lipinski definition) is 6. The predicted molar refractivity (Wildman–Crippen MR) is 107 cm³/mol. The second kappa shape index (κ2) is 8.88. The van der Waals surface area contributed by atoms with E-state index in [1.807, 2.05) is 25.1 Å². The second-order valence-corrected chi connectivity index (χ2v) is 6.77. The van der Waals surface area contributed by atoms with E-state index >= 15 is 0 Å². The molecule has 2 heterocycles. The predicted octanol–water partition coefficient (Wildman–Crippen LogP) is 4.05. The van der Waals surface area contributed by atoms with Crippen LogP contribution in [0, 0.1) is 0 Å². The lowest BCUT2D eigenvalue weighted by Gasteiger charge is -2.19. The number of nitrogens with zero attached hydrogens (tertiary/aromatic N) is 2. The van der Waals surface area contributed by atoms with Crippen LogP contribution in [0.3, 0.4) is 0 Å². The van der Waals surface area contributed by atoms with E-state index in [9.17, 15) is 0 Å². The quantitative estimate of drug-likeness (QED) is 0.748. The first-order valence-corrected chi connectivity index (χ1v) is 9.04. The van der Waals surface area contributed by atoms with Crippen LogP contribution < -0.4 is 15.4 Å². The lowest BCUT2D eigenvalue weighted by molar-refractivity contribution is 0.180. The first kappa shape index (κ1) is 19.2. The zero-order valence-electron chi connectivity index (χ0n) is 15.7. The third-order valence-electron chi connectivity index (χ3n) is 4.02. The first-order chi connectivity index (χ1) is 13.0. The van der Waals surface area contributed by atoms with Crippen molar-refractivity contribution in [2.24, 2.45) is 0 Å². The molecule has 0 fully saturated rings. The topological polar surface area (TPSA) is 68.3 Å². The number of methoxy groups -OCH3 is 1. The molecule has 0 saturated heterocycles. The summed E-state index contributed by atoms with van der Waals surface area (Å²) in [5, 5.41) is 7.37. The van der Waals surface area contributed by atoms with Crippen LogP contribution in [-0.2, 0) is 18.0 Å². The molecule has 0 saturated carbocycles. The minimum atomic E-state index is 0.252. The summed E-state index contributed by atoms with van der Waals surface area (Å²) in [6, 6.07) is 9.09. The Morgan fingerprint density at radius 1 is 1.15 bits per heavy atom. The average molecular weight is 387 g/mol. The molecule has 0 radical (unpaired) electrons. The normalized spacial score (nSPS) is 13.9. The maximum atomic E-state index is 5.90. The van der Waals surface area contributed by atoms with Gasteiger partial charge in [-0.3, -0.25) is 0 Å². The van der Waals surface area contributed by atoms with Gasteiger partial charge in [0.15, 0.2) is 5.82 Å². The van der Waals surface area contributed by atoms with E-state index in [0.717, 1.165) is 23.6 Å². The zero-order valence-corrected chi connectivity index (χ0v) is 16.4. The summed E-state index contributed by atoms with van der Waals surface area (Å²) in [6.07, 6.45) is 2.07. The Morgan fingerprint density at radius 3 is 2.67 bits per heavy atom. The highest BCUT2D eigenvalue weighted by Crippen LogP contribution is 2.19. The molecular formula is C20H23ClN4O2. The molecule has 2 N–H and O–H groups in total. The Balaban J connectivity index is 1.78. The standard InChI is InChI=1S/C20H23ClN4O2/c1-13-10-22-14(2)8-18(13)24-19-9-16(11-26-3)23-20(25-19)12-27-17-6-4-15(21)5-7-17/h4-9,22H,10-12H2,1-3H3,(H,23,24,25). The maximum Gasteiger partial charge on any atom is 0.168 e. The van der Waals surface area contributed by atoms with Crippen LogP contribution in [0.15, 0.2) is 53.4 Å². The van der Waals surface area contributed by atoms with Crippen LogP contribution >= 0.6 is 11.6 Å². The van der Waals surface area contributed by atoms with E-state index in [0.29, 0.717) is 29.0 Å². The fourth-order valence-electron chi connectivity index (χ4n) is 2.62. The minimum Gasteiger partial charge on any atom is -0.486 e. The highest BCUT2D eigenvalue weighted by Gasteiger charge is 2.11. The van der Waals surface area contributed by atoms with Gasteiger partial charge in [-0.2, -0.15) is 0 Å². The van der Waals surface area contributed by atoms with Crippen LogP contribution in [0.2, 0.25) is 5.02 Å². The molecule has 1 aromatic heterocycles. The van der Waals surface area contributed by atoms with Gasteiger partial charge >= 0.3 is 0 Å². The number of anilines is 1. The van der Waals surface area contributed by atoms with E-state index in [-0.39, 0.29) is 6.61 Å². The van der Waals surface area contributed by atoms with Crippen molar-refractivity contribution in [2.45, 2.75) is 27.1 Å². The minimum absolute atomic E-state index is 0.252. The molecule has 6 nitrogen and oxygen atoms in total. The summed E-state index contributed by atoms with van der Waals surface area (Å²) >= 11 is 5.90. The number of hydrogen-bond donors (Lipinski definition) is 2. The fourth-order valence-corrected chi connectivity index (χ4v) is 2.75. The summed E-state index contributed by atoms with van der Waals surface area (Å²) in [7, 11) is 1.64. The molecule has 27 heavy (non-hydrogen) atoms. The third kappa shape index (κ3) is 5.45. The third-order valence-corrected chi connectivity index (χ3v) is 4.27. The number of ether oxygens (including phenoxy) is 2. The molecule has 0 amide bonds. The van der Waals surface area contributed by atoms with E-state index < -0.39 is 0 Å². The molecule has 0 bridgehead atoms. The Hall–Kier alpha value is -2.57. The van der Waals surface area contributed by atoms with E-state index in [2.05, 4.69) is 33.6 Å². The van der Waals surface area contributed by atoms with Crippen LogP contribution in [0.5, 0.6) is 5.75 Å². The van der Waals surface area contributed by atoms with Crippen molar-refractivity contribution >= 4 is 17.4 Å². The van der Waals surface area contributed by atoms with Crippen molar-refractivity contribution in [1.29, 1.82) is 0 Å². The lowest BCUT2D eigenvalue weighted by atomic mass is 10.1.